The van der Waals surface area contributed by atoms with Gasteiger partial charge in [0.05, 0.1) is 29.5 Å². The summed E-state index contributed by atoms with van der Waals surface area (Å²) in [5.41, 5.74) is 0. The lowest BCUT2D eigenvalue weighted by Gasteiger charge is -2.63. The van der Waals surface area contributed by atoms with Crippen LogP contribution in [0.5, 0.6) is 0 Å². The Balaban J connectivity index is 2.54. The molecule has 0 aliphatic carbocycles. The van der Waals surface area contributed by atoms with Crippen LogP contribution in [0.15, 0.2) is 30.3 Å². The Labute approximate surface area is 101 Å². The smallest absolute Gasteiger partial charge is 0.0620 e. The second-order valence-electron chi connectivity index (χ2n) is 6.37. The highest BCUT2D eigenvalue weighted by atomic mass is 31.2. The first-order valence-electron chi connectivity index (χ1n) is 6.18. The highest BCUT2D eigenvalue weighted by Gasteiger charge is 2.75. The van der Waals surface area contributed by atoms with Gasteiger partial charge in [-0.05, 0) is 39.8 Å². The number of hydrogen-bond donors (Lipinski definition) is 0. The fraction of sp³-hybridized carbons (Fsp3) is 0.600. The Bertz CT molecular complexity index is 373. The molecule has 0 aromatic heterocycles. The van der Waals surface area contributed by atoms with Gasteiger partial charge in [0.15, 0.2) is 0 Å². The van der Waals surface area contributed by atoms with Crippen LogP contribution >= 0.6 is 7.26 Å². The maximum atomic E-state index is 2.54. The van der Waals surface area contributed by atoms with Crippen molar-refractivity contribution in [2.45, 2.75) is 44.9 Å². The maximum Gasteiger partial charge on any atom is 0.0948 e. The zero-order valence-electron chi connectivity index (χ0n) is 11.4. The van der Waals surface area contributed by atoms with Gasteiger partial charge in [-0.2, -0.15) is 0 Å². The molecule has 0 spiro atoms. The summed E-state index contributed by atoms with van der Waals surface area (Å²) in [6.45, 7) is 14.8. The molecule has 0 amide bonds. The number of hydrogen-bond acceptors (Lipinski definition) is 0. The third-order valence-electron chi connectivity index (χ3n) is 5.70. The Morgan fingerprint density at radius 3 is 1.81 bits per heavy atom. The van der Waals surface area contributed by atoms with Crippen molar-refractivity contribution < 1.29 is 0 Å². The number of benzene rings is 1. The van der Waals surface area contributed by atoms with Gasteiger partial charge in [-0.1, -0.05) is 25.1 Å². The van der Waals surface area contributed by atoms with E-state index in [4.69, 9.17) is 0 Å². The predicted molar refractivity (Wildman–Crippen MR) is 76.2 cm³/mol. The SMILES string of the molecule is CC1C(C)(C)[P+](C)(c2ccccc2)C1(C)C. The number of rotatable bonds is 1. The maximum absolute atomic E-state index is 2.54. The van der Waals surface area contributed by atoms with Gasteiger partial charge in [-0.25, -0.2) is 0 Å². The lowest BCUT2D eigenvalue weighted by molar-refractivity contribution is 0.299. The second kappa shape index (κ2) is 3.33. The molecule has 0 unspecified atom stereocenters. The average Bonchev–Trinajstić information content (AvgIpc) is 2.27. The summed E-state index contributed by atoms with van der Waals surface area (Å²) in [4.78, 5) is 0. The molecule has 0 saturated carbocycles. The zero-order chi connectivity index (χ0) is 12.2. The van der Waals surface area contributed by atoms with Crippen LogP contribution in [0.3, 0.4) is 0 Å². The van der Waals surface area contributed by atoms with Crippen LogP contribution in [0.4, 0.5) is 0 Å². The highest BCUT2D eigenvalue weighted by molar-refractivity contribution is 7.86. The Hall–Kier alpha value is -0.350. The molecule has 1 saturated heterocycles. The van der Waals surface area contributed by atoms with Crippen molar-refractivity contribution in [1.29, 1.82) is 0 Å². The molecule has 0 nitrogen and oxygen atoms in total. The predicted octanol–water partition coefficient (Wildman–Crippen LogP) is 4.17. The molecule has 0 N–H and O–H groups in total. The minimum absolute atomic E-state index is 0.484. The standard InChI is InChI=1S/C15H24P/c1-12-14(2,3)16(6,15(12,4)5)13-10-8-7-9-11-13/h7-12H,1-6H3/q+1. The molecule has 1 aromatic rings. The van der Waals surface area contributed by atoms with E-state index < -0.39 is 7.26 Å². The molecular formula is C15H24P+. The normalized spacial score (nSPS) is 35.5. The van der Waals surface area contributed by atoms with Crippen LogP contribution in [0, 0.1) is 5.92 Å². The minimum atomic E-state index is -1.06. The van der Waals surface area contributed by atoms with Gasteiger partial charge >= 0.3 is 0 Å². The van der Waals surface area contributed by atoms with Crippen molar-refractivity contribution in [1.82, 2.24) is 0 Å². The van der Waals surface area contributed by atoms with Crippen LogP contribution < -0.4 is 5.30 Å². The van der Waals surface area contributed by atoms with Crippen molar-refractivity contribution in [3.8, 4) is 0 Å². The molecule has 1 heterocycles. The third-order valence-corrected chi connectivity index (χ3v) is 12.4. The lowest BCUT2D eigenvalue weighted by Crippen LogP contribution is -2.63. The van der Waals surface area contributed by atoms with Gasteiger partial charge in [-0.15, -0.1) is 0 Å². The summed E-state index contributed by atoms with van der Waals surface area (Å²) in [5, 5.41) is 2.57. The molecule has 1 heteroatoms. The van der Waals surface area contributed by atoms with Crippen molar-refractivity contribution in [2.75, 3.05) is 6.66 Å². The van der Waals surface area contributed by atoms with Crippen LogP contribution in [-0.2, 0) is 0 Å². The van der Waals surface area contributed by atoms with E-state index in [9.17, 15) is 0 Å². The van der Waals surface area contributed by atoms with Gasteiger partial charge in [-0.3, -0.25) is 0 Å². The molecule has 1 aromatic carbocycles. The van der Waals surface area contributed by atoms with E-state index in [0.29, 0.717) is 10.3 Å². The topological polar surface area (TPSA) is 0 Å². The van der Waals surface area contributed by atoms with Crippen molar-refractivity contribution >= 4 is 12.6 Å². The zero-order valence-corrected chi connectivity index (χ0v) is 12.3. The largest absolute Gasteiger partial charge is 0.0948 e. The van der Waals surface area contributed by atoms with Crippen LogP contribution in [0.2, 0.25) is 0 Å². The fourth-order valence-corrected chi connectivity index (χ4v) is 9.28. The van der Waals surface area contributed by atoms with Gasteiger partial charge in [0.1, 0.15) is 0 Å². The first kappa shape index (κ1) is 12.1. The lowest BCUT2D eigenvalue weighted by atomic mass is 9.83. The molecule has 1 fully saturated rings. The molecule has 2 rings (SSSR count). The summed E-state index contributed by atoms with van der Waals surface area (Å²) in [6, 6.07) is 11.2. The van der Waals surface area contributed by atoms with E-state index in [-0.39, 0.29) is 0 Å². The summed E-state index contributed by atoms with van der Waals surface area (Å²) in [7, 11) is -1.06. The Morgan fingerprint density at radius 2 is 1.38 bits per heavy atom. The molecule has 88 valence electrons. The third kappa shape index (κ3) is 1.15. The highest BCUT2D eigenvalue weighted by Crippen LogP contribution is 2.86. The molecule has 0 bridgehead atoms. The van der Waals surface area contributed by atoms with Crippen molar-refractivity contribution in [3.05, 3.63) is 30.3 Å². The molecule has 1 aliphatic rings. The van der Waals surface area contributed by atoms with Gasteiger partial charge < -0.3 is 0 Å². The average molecular weight is 235 g/mol. The minimum Gasteiger partial charge on any atom is -0.0620 e. The van der Waals surface area contributed by atoms with Crippen LogP contribution in [0.1, 0.15) is 34.6 Å². The van der Waals surface area contributed by atoms with E-state index in [1.165, 1.54) is 0 Å². The Kier molecular flexibility index (Phi) is 2.52. The van der Waals surface area contributed by atoms with E-state index >= 15 is 0 Å². The van der Waals surface area contributed by atoms with E-state index in [2.05, 4.69) is 71.6 Å². The Morgan fingerprint density at radius 1 is 0.938 bits per heavy atom. The molecular weight excluding hydrogens is 211 g/mol. The van der Waals surface area contributed by atoms with Gasteiger partial charge in [0, 0.05) is 5.92 Å². The van der Waals surface area contributed by atoms with Gasteiger partial charge in [0.2, 0.25) is 0 Å². The monoisotopic (exact) mass is 235 g/mol. The molecule has 1 aliphatic heterocycles. The van der Waals surface area contributed by atoms with E-state index in [0.717, 1.165) is 5.92 Å². The summed E-state index contributed by atoms with van der Waals surface area (Å²) in [6.07, 6.45) is 0. The van der Waals surface area contributed by atoms with Gasteiger partial charge in [0.25, 0.3) is 0 Å². The second-order valence-corrected chi connectivity index (χ2v) is 11.2. The first-order chi connectivity index (χ1) is 7.26. The molecule has 0 radical (unpaired) electrons. The van der Waals surface area contributed by atoms with Crippen LogP contribution in [0.25, 0.3) is 0 Å². The first-order valence-corrected chi connectivity index (χ1v) is 8.42. The van der Waals surface area contributed by atoms with E-state index in [1.807, 2.05) is 0 Å². The summed E-state index contributed by atoms with van der Waals surface area (Å²) in [5.74, 6) is 0.804. The fourth-order valence-electron chi connectivity index (χ4n) is 3.71. The summed E-state index contributed by atoms with van der Waals surface area (Å²) < 4.78 is 0. The molecule has 0 atom stereocenters. The quantitative estimate of drug-likeness (QED) is 0.641. The van der Waals surface area contributed by atoms with Crippen LogP contribution in [-0.4, -0.2) is 17.0 Å². The summed E-state index contributed by atoms with van der Waals surface area (Å²) >= 11 is 0. The molecule has 16 heavy (non-hydrogen) atoms. The van der Waals surface area contributed by atoms with Crippen molar-refractivity contribution in [3.63, 3.8) is 0 Å². The van der Waals surface area contributed by atoms with Crippen molar-refractivity contribution in [2.24, 2.45) is 5.92 Å². The van der Waals surface area contributed by atoms with E-state index in [1.54, 1.807) is 5.30 Å².